The van der Waals surface area contributed by atoms with Gasteiger partial charge in [-0.15, -0.1) is 11.3 Å². The monoisotopic (exact) mass is 449 g/mol. The Bertz CT molecular complexity index is 1430. The number of nitrogens with zero attached hydrogens (tertiary/aromatic N) is 2. The number of benzene rings is 2. The zero-order chi connectivity index (χ0) is 22.8. The number of hydrogen-bond donors (Lipinski definition) is 1. The molecule has 0 unspecified atom stereocenters. The Hall–Kier alpha value is -3.65. The molecule has 0 fully saturated rings. The first-order chi connectivity index (χ1) is 15.4. The topological polar surface area (TPSA) is 82.3 Å². The first-order valence-corrected chi connectivity index (χ1v) is 11.0. The third-order valence-corrected chi connectivity index (χ3v) is 6.17. The molecule has 2 aromatic heterocycles. The number of methoxy groups -OCH3 is 1. The summed E-state index contributed by atoms with van der Waals surface area (Å²) in [6, 6.07) is 14.7. The number of ether oxygens (including phenoxy) is 1. The van der Waals surface area contributed by atoms with Gasteiger partial charge in [0.2, 0.25) is 5.91 Å². The van der Waals surface area contributed by atoms with E-state index in [0.29, 0.717) is 21.7 Å². The number of fused-ring (bicyclic) bond motifs is 1. The number of rotatable bonds is 6. The second-order valence-electron chi connectivity index (χ2n) is 7.61. The number of aromatic nitrogens is 2. The van der Waals surface area contributed by atoms with Gasteiger partial charge < -0.3 is 10.1 Å². The van der Waals surface area contributed by atoms with E-state index in [9.17, 15) is 14.4 Å². The molecular weight excluding hydrogens is 426 g/mol. The van der Waals surface area contributed by atoms with Gasteiger partial charge in [-0.3, -0.25) is 18.7 Å². The molecule has 0 bridgehead atoms. The maximum absolute atomic E-state index is 13.3. The smallest absolute Gasteiger partial charge is 0.332 e. The molecule has 0 aliphatic carbocycles. The maximum Gasteiger partial charge on any atom is 0.332 e. The van der Waals surface area contributed by atoms with Crippen LogP contribution < -0.4 is 21.3 Å². The van der Waals surface area contributed by atoms with Crippen molar-refractivity contribution in [1.82, 2.24) is 9.13 Å². The van der Waals surface area contributed by atoms with Crippen LogP contribution in [0, 0.1) is 13.8 Å². The average Bonchev–Trinajstić information content (AvgIpc) is 3.27. The van der Waals surface area contributed by atoms with Gasteiger partial charge in [-0.2, -0.15) is 0 Å². The summed E-state index contributed by atoms with van der Waals surface area (Å²) in [5.74, 6) is 0.306. The van der Waals surface area contributed by atoms with Crippen molar-refractivity contribution < 1.29 is 9.53 Å². The molecule has 1 amide bonds. The van der Waals surface area contributed by atoms with Gasteiger partial charge in [-0.1, -0.05) is 24.3 Å². The lowest BCUT2D eigenvalue weighted by molar-refractivity contribution is -0.116. The van der Waals surface area contributed by atoms with Gasteiger partial charge in [0.25, 0.3) is 5.56 Å². The van der Waals surface area contributed by atoms with Crippen molar-refractivity contribution in [2.75, 3.05) is 12.4 Å². The van der Waals surface area contributed by atoms with Gasteiger partial charge in [0.1, 0.15) is 17.0 Å². The first kappa shape index (κ1) is 21.6. The van der Waals surface area contributed by atoms with E-state index in [1.165, 1.54) is 20.5 Å². The van der Waals surface area contributed by atoms with E-state index >= 15 is 0 Å². The molecule has 2 aromatic carbocycles. The van der Waals surface area contributed by atoms with E-state index < -0.39 is 5.69 Å². The summed E-state index contributed by atoms with van der Waals surface area (Å²) < 4.78 is 8.20. The van der Waals surface area contributed by atoms with Crippen molar-refractivity contribution in [2.45, 2.75) is 26.9 Å². The highest BCUT2D eigenvalue weighted by Crippen LogP contribution is 2.19. The van der Waals surface area contributed by atoms with Crippen molar-refractivity contribution in [1.29, 1.82) is 0 Å². The number of carbonyl (C=O) groups is 1. The van der Waals surface area contributed by atoms with Crippen LogP contribution in [0.3, 0.4) is 0 Å². The number of carbonyl (C=O) groups excluding carboxylic acids is 1. The highest BCUT2D eigenvalue weighted by Gasteiger charge is 2.17. The normalized spacial score (nSPS) is 11.0. The summed E-state index contributed by atoms with van der Waals surface area (Å²) in [5, 5.41) is 4.63. The summed E-state index contributed by atoms with van der Waals surface area (Å²) in [4.78, 5) is 39.1. The fourth-order valence-corrected chi connectivity index (χ4v) is 4.43. The van der Waals surface area contributed by atoms with Crippen molar-refractivity contribution in [3.63, 3.8) is 0 Å². The van der Waals surface area contributed by atoms with Crippen LogP contribution in [0.1, 0.15) is 16.7 Å². The van der Waals surface area contributed by atoms with Crippen molar-refractivity contribution >= 4 is 33.1 Å². The average molecular weight is 450 g/mol. The Kier molecular flexibility index (Phi) is 5.96. The van der Waals surface area contributed by atoms with Crippen molar-refractivity contribution in [2.24, 2.45) is 0 Å². The molecule has 164 valence electrons. The molecule has 8 heteroatoms. The minimum Gasteiger partial charge on any atom is -0.497 e. The highest BCUT2D eigenvalue weighted by atomic mass is 32.1. The lowest BCUT2D eigenvalue weighted by Gasteiger charge is -2.14. The SMILES string of the molecule is COc1cccc(Cn2c(=O)c3sccc3n(CC(=O)Nc3cc(C)ccc3C)c2=O)c1. The largest absolute Gasteiger partial charge is 0.497 e. The number of nitrogens with one attached hydrogen (secondary N) is 1. The zero-order valence-electron chi connectivity index (χ0n) is 18.0. The van der Waals surface area contributed by atoms with Gasteiger partial charge in [0, 0.05) is 5.69 Å². The van der Waals surface area contributed by atoms with Crippen molar-refractivity contribution in [3.05, 3.63) is 91.4 Å². The maximum atomic E-state index is 13.3. The Balaban J connectivity index is 1.72. The Morgan fingerprint density at radius 3 is 2.66 bits per heavy atom. The zero-order valence-corrected chi connectivity index (χ0v) is 18.9. The standard InChI is InChI=1S/C24H23N3O4S/c1-15-7-8-16(2)19(11-15)25-21(28)14-26-20-9-10-32-22(20)23(29)27(24(26)30)13-17-5-4-6-18(12-17)31-3/h4-12H,13-14H2,1-3H3,(H,25,28). The predicted octanol–water partition coefficient (Wildman–Crippen LogP) is 3.54. The van der Waals surface area contributed by atoms with Crippen LogP contribution in [0.25, 0.3) is 10.2 Å². The third-order valence-electron chi connectivity index (χ3n) is 5.28. The van der Waals surface area contributed by atoms with Crippen LogP contribution in [0.15, 0.2) is 63.5 Å². The van der Waals surface area contributed by atoms with Crippen molar-refractivity contribution in [3.8, 4) is 5.75 Å². The van der Waals surface area contributed by atoms with Crippen LogP contribution in [0.5, 0.6) is 5.75 Å². The Morgan fingerprint density at radius 1 is 1.06 bits per heavy atom. The molecule has 0 aliphatic rings. The van der Waals surface area contributed by atoms with E-state index in [0.717, 1.165) is 16.7 Å². The molecule has 4 aromatic rings. The van der Waals surface area contributed by atoms with E-state index in [2.05, 4.69) is 5.32 Å². The summed E-state index contributed by atoms with van der Waals surface area (Å²) in [5.41, 5.74) is 2.98. The minimum atomic E-state index is -0.528. The fraction of sp³-hybridized carbons (Fsp3) is 0.208. The Labute approximate surface area is 188 Å². The van der Waals surface area contributed by atoms with Crippen LogP contribution >= 0.6 is 11.3 Å². The van der Waals surface area contributed by atoms with E-state index in [1.807, 2.05) is 38.1 Å². The second-order valence-corrected chi connectivity index (χ2v) is 8.53. The molecule has 0 aliphatic heterocycles. The molecule has 7 nitrogen and oxygen atoms in total. The Morgan fingerprint density at radius 2 is 1.88 bits per heavy atom. The number of anilines is 1. The van der Waals surface area contributed by atoms with E-state index in [1.54, 1.807) is 36.8 Å². The molecule has 32 heavy (non-hydrogen) atoms. The molecule has 2 heterocycles. The second kappa shape index (κ2) is 8.84. The molecule has 0 spiro atoms. The number of aryl methyl sites for hydroxylation is 2. The first-order valence-electron chi connectivity index (χ1n) is 10.1. The fourth-order valence-electron chi connectivity index (χ4n) is 3.58. The quantitative estimate of drug-likeness (QED) is 0.488. The molecule has 0 saturated heterocycles. The van der Waals surface area contributed by atoms with Gasteiger partial charge in [0.05, 0.1) is 19.2 Å². The lowest BCUT2D eigenvalue weighted by atomic mass is 10.1. The summed E-state index contributed by atoms with van der Waals surface area (Å²) in [6.45, 7) is 3.74. The minimum absolute atomic E-state index is 0.0846. The molecule has 1 N–H and O–H groups in total. The molecule has 0 atom stereocenters. The lowest BCUT2D eigenvalue weighted by Crippen LogP contribution is -2.41. The van der Waals surface area contributed by atoms with Gasteiger partial charge in [0.15, 0.2) is 0 Å². The third kappa shape index (κ3) is 4.22. The summed E-state index contributed by atoms with van der Waals surface area (Å²) in [6.07, 6.45) is 0. The number of thiophene rings is 1. The number of amides is 1. The van der Waals surface area contributed by atoms with Gasteiger partial charge >= 0.3 is 5.69 Å². The summed E-state index contributed by atoms with van der Waals surface area (Å²) in [7, 11) is 1.56. The molecule has 4 rings (SSSR count). The van der Waals surface area contributed by atoms with Gasteiger partial charge in [-0.05, 0) is 60.2 Å². The van der Waals surface area contributed by atoms with E-state index in [4.69, 9.17) is 4.74 Å². The molecule has 0 saturated carbocycles. The van der Waals surface area contributed by atoms with Crippen LogP contribution in [0.2, 0.25) is 0 Å². The summed E-state index contributed by atoms with van der Waals surface area (Å²) >= 11 is 1.26. The van der Waals surface area contributed by atoms with E-state index in [-0.39, 0.29) is 24.6 Å². The highest BCUT2D eigenvalue weighted by molar-refractivity contribution is 7.17. The van der Waals surface area contributed by atoms with Crippen LogP contribution in [0.4, 0.5) is 5.69 Å². The molecular formula is C24H23N3O4S. The molecule has 0 radical (unpaired) electrons. The van der Waals surface area contributed by atoms with Crippen LogP contribution in [-0.2, 0) is 17.9 Å². The van der Waals surface area contributed by atoms with Gasteiger partial charge in [-0.25, -0.2) is 4.79 Å². The van der Waals surface area contributed by atoms with Crippen LogP contribution in [-0.4, -0.2) is 22.2 Å². The number of hydrogen-bond acceptors (Lipinski definition) is 5. The predicted molar refractivity (Wildman–Crippen MR) is 127 cm³/mol.